The standard InChI is InChI=1S/C11H19NO4/c1-10(2,5-13)12-8(14)6-7(9(15)16)11(6,3)4/h6-7,13H,5H2,1-4H3,(H,12,14)(H,15,16). The summed E-state index contributed by atoms with van der Waals surface area (Å²) in [6.07, 6.45) is 0. The van der Waals surface area contributed by atoms with Crippen LogP contribution in [0, 0.1) is 17.3 Å². The Morgan fingerprint density at radius 1 is 1.31 bits per heavy atom. The molecule has 92 valence electrons. The number of hydrogen-bond donors (Lipinski definition) is 3. The fraction of sp³-hybridized carbons (Fsp3) is 0.818. The van der Waals surface area contributed by atoms with Crippen molar-refractivity contribution in [1.29, 1.82) is 0 Å². The molecule has 1 saturated carbocycles. The summed E-state index contributed by atoms with van der Waals surface area (Å²) in [7, 11) is 0. The average Bonchev–Trinajstić information content (AvgIpc) is 2.68. The number of carbonyl (C=O) groups excluding carboxylic acids is 1. The van der Waals surface area contributed by atoms with E-state index in [1.165, 1.54) is 0 Å². The highest BCUT2D eigenvalue weighted by Crippen LogP contribution is 2.58. The van der Waals surface area contributed by atoms with Crippen LogP contribution in [0.3, 0.4) is 0 Å². The molecule has 3 N–H and O–H groups in total. The summed E-state index contributed by atoms with van der Waals surface area (Å²) >= 11 is 0. The van der Waals surface area contributed by atoms with Crippen LogP contribution in [0.4, 0.5) is 0 Å². The Morgan fingerprint density at radius 2 is 1.81 bits per heavy atom. The van der Waals surface area contributed by atoms with Crippen LogP contribution in [0.5, 0.6) is 0 Å². The number of aliphatic hydroxyl groups excluding tert-OH is 1. The van der Waals surface area contributed by atoms with Crippen LogP contribution >= 0.6 is 0 Å². The predicted octanol–water partition coefficient (Wildman–Crippen LogP) is 0.230. The number of nitrogens with one attached hydrogen (secondary N) is 1. The van der Waals surface area contributed by atoms with Crippen molar-refractivity contribution >= 4 is 11.9 Å². The van der Waals surface area contributed by atoms with E-state index in [1.54, 1.807) is 27.7 Å². The molecule has 5 nitrogen and oxygen atoms in total. The maximum Gasteiger partial charge on any atom is 0.307 e. The van der Waals surface area contributed by atoms with E-state index in [2.05, 4.69) is 5.32 Å². The molecule has 0 saturated heterocycles. The third-order valence-electron chi connectivity index (χ3n) is 3.23. The lowest BCUT2D eigenvalue weighted by molar-refractivity contribution is -0.140. The molecule has 2 unspecified atom stereocenters. The summed E-state index contributed by atoms with van der Waals surface area (Å²) in [5, 5.41) is 20.6. The third-order valence-corrected chi connectivity index (χ3v) is 3.23. The van der Waals surface area contributed by atoms with Gasteiger partial charge in [0.15, 0.2) is 0 Å². The number of carbonyl (C=O) groups is 2. The molecule has 0 aliphatic heterocycles. The van der Waals surface area contributed by atoms with E-state index in [0.29, 0.717) is 0 Å². The number of carboxylic acids is 1. The second-order valence-corrected chi connectivity index (χ2v) is 5.65. The second-order valence-electron chi connectivity index (χ2n) is 5.65. The smallest absolute Gasteiger partial charge is 0.307 e. The molecule has 0 aromatic heterocycles. The minimum atomic E-state index is -0.938. The lowest BCUT2D eigenvalue weighted by Crippen LogP contribution is -2.47. The Labute approximate surface area is 94.8 Å². The van der Waals surface area contributed by atoms with Gasteiger partial charge >= 0.3 is 5.97 Å². The van der Waals surface area contributed by atoms with E-state index in [1.807, 2.05) is 0 Å². The molecule has 0 aromatic carbocycles. The first kappa shape index (κ1) is 13.0. The van der Waals surface area contributed by atoms with E-state index in [0.717, 1.165) is 0 Å². The van der Waals surface area contributed by atoms with Gasteiger partial charge in [0.1, 0.15) is 0 Å². The molecule has 0 heterocycles. The molecule has 1 fully saturated rings. The molecule has 1 rings (SSSR count). The largest absolute Gasteiger partial charge is 0.481 e. The molecular formula is C11H19NO4. The van der Waals surface area contributed by atoms with Gasteiger partial charge in [-0.3, -0.25) is 9.59 Å². The highest BCUT2D eigenvalue weighted by Gasteiger charge is 2.66. The molecule has 1 aliphatic rings. The van der Waals surface area contributed by atoms with E-state index in [-0.39, 0.29) is 12.5 Å². The number of rotatable bonds is 4. The maximum absolute atomic E-state index is 11.8. The van der Waals surface area contributed by atoms with Crippen LogP contribution in [0.2, 0.25) is 0 Å². The van der Waals surface area contributed by atoms with E-state index in [4.69, 9.17) is 10.2 Å². The molecule has 0 spiro atoms. The monoisotopic (exact) mass is 229 g/mol. The number of hydrogen-bond acceptors (Lipinski definition) is 3. The topological polar surface area (TPSA) is 86.6 Å². The zero-order valence-corrected chi connectivity index (χ0v) is 10.1. The number of aliphatic hydroxyl groups is 1. The third kappa shape index (κ3) is 2.19. The van der Waals surface area contributed by atoms with Gasteiger partial charge in [-0.1, -0.05) is 13.8 Å². The van der Waals surface area contributed by atoms with Gasteiger partial charge in [0, 0.05) is 0 Å². The normalized spacial score (nSPS) is 27.3. The number of carboxylic acid groups (broad SMARTS) is 1. The quantitative estimate of drug-likeness (QED) is 0.644. The van der Waals surface area contributed by atoms with Gasteiger partial charge in [0.25, 0.3) is 0 Å². The Hall–Kier alpha value is -1.10. The van der Waals surface area contributed by atoms with E-state index >= 15 is 0 Å². The van der Waals surface area contributed by atoms with Crippen LogP contribution in [-0.4, -0.2) is 34.2 Å². The molecule has 1 aliphatic carbocycles. The van der Waals surface area contributed by atoms with Crippen molar-refractivity contribution in [1.82, 2.24) is 5.32 Å². The highest BCUT2D eigenvalue weighted by molar-refractivity contribution is 5.91. The van der Waals surface area contributed by atoms with Gasteiger partial charge in [0.2, 0.25) is 5.91 Å². The average molecular weight is 229 g/mol. The fourth-order valence-electron chi connectivity index (χ4n) is 2.04. The molecule has 0 radical (unpaired) electrons. The van der Waals surface area contributed by atoms with Gasteiger partial charge in [-0.2, -0.15) is 0 Å². The van der Waals surface area contributed by atoms with Crippen molar-refractivity contribution in [3.63, 3.8) is 0 Å². The molecule has 16 heavy (non-hydrogen) atoms. The van der Waals surface area contributed by atoms with Gasteiger partial charge < -0.3 is 15.5 Å². The summed E-state index contributed by atoms with van der Waals surface area (Å²) in [6.45, 7) is 6.74. The first-order valence-corrected chi connectivity index (χ1v) is 5.29. The summed E-state index contributed by atoms with van der Waals surface area (Å²) < 4.78 is 0. The Bertz CT molecular complexity index is 322. The summed E-state index contributed by atoms with van der Waals surface area (Å²) in [5.74, 6) is -2.36. The summed E-state index contributed by atoms with van der Waals surface area (Å²) in [5.41, 5.74) is -1.21. The van der Waals surface area contributed by atoms with Crippen molar-refractivity contribution in [3.8, 4) is 0 Å². The maximum atomic E-state index is 11.8. The SMILES string of the molecule is CC(C)(CO)NC(=O)C1C(C(=O)O)C1(C)C. The van der Waals surface area contributed by atoms with Crippen LogP contribution in [0.1, 0.15) is 27.7 Å². The molecule has 2 atom stereocenters. The molecule has 0 aromatic rings. The highest BCUT2D eigenvalue weighted by atomic mass is 16.4. The van der Waals surface area contributed by atoms with Gasteiger partial charge in [-0.25, -0.2) is 0 Å². The number of amides is 1. The van der Waals surface area contributed by atoms with Crippen molar-refractivity contribution in [2.24, 2.45) is 17.3 Å². The first-order chi connectivity index (χ1) is 7.13. The molecular weight excluding hydrogens is 210 g/mol. The molecule has 0 bridgehead atoms. The molecule has 1 amide bonds. The van der Waals surface area contributed by atoms with Crippen LogP contribution < -0.4 is 5.32 Å². The minimum Gasteiger partial charge on any atom is -0.481 e. The van der Waals surface area contributed by atoms with Crippen LogP contribution in [0.25, 0.3) is 0 Å². The Balaban J connectivity index is 2.68. The van der Waals surface area contributed by atoms with E-state index < -0.39 is 28.8 Å². The number of aliphatic carboxylic acids is 1. The summed E-state index contributed by atoms with van der Waals surface area (Å²) in [4.78, 5) is 22.7. The van der Waals surface area contributed by atoms with Crippen LogP contribution in [-0.2, 0) is 9.59 Å². The zero-order valence-electron chi connectivity index (χ0n) is 10.1. The second kappa shape index (κ2) is 3.73. The van der Waals surface area contributed by atoms with Crippen molar-refractivity contribution < 1.29 is 19.8 Å². The first-order valence-electron chi connectivity index (χ1n) is 5.29. The van der Waals surface area contributed by atoms with Crippen molar-refractivity contribution in [2.45, 2.75) is 33.2 Å². The van der Waals surface area contributed by atoms with Crippen molar-refractivity contribution in [2.75, 3.05) is 6.61 Å². The van der Waals surface area contributed by atoms with Crippen LogP contribution in [0.15, 0.2) is 0 Å². The molecule has 5 heteroatoms. The van der Waals surface area contributed by atoms with Gasteiger partial charge in [-0.05, 0) is 19.3 Å². The summed E-state index contributed by atoms with van der Waals surface area (Å²) in [6, 6.07) is 0. The fourth-order valence-corrected chi connectivity index (χ4v) is 2.04. The van der Waals surface area contributed by atoms with Gasteiger partial charge in [0.05, 0.1) is 24.0 Å². The van der Waals surface area contributed by atoms with E-state index in [9.17, 15) is 9.59 Å². The minimum absolute atomic E-state index is 0.177. The zero-order chi connectivity index (χ0) is 12.7. The Kier molecular flexibility index (Phi) is 3.02. The van der Waals surface area contributed by atoms with Gasteiger partial charge in [-0.15, -0.1) is 0 Å². The lowest BCUT2D eigenvalue weighted by Gasteiger charge is -2.23. The Morgan fingerprint density at radius 3 is 2.12 bits per heavy atom. The lowest BCUT2D eigenvalue weighted by atomic mass is 10.1. The van der Waals surface area contributed by atoms with Crippen molar-refractivity contribution in [3.05, 3.63) is 0 Å². The predicted molar refractivity (Wildman–Crippen MR) is 57.7 cm³/mol.